The van der Waals surface area contributed by atoms with Crippen molar-refractivity contribution in [2.75, 3.05) is 5.32 Å². The van der Waals surface area contributed by atoms with Crippen LogP contribution in [0.4, 0.5) is 5.69 Å². The number of ketones is 1. The summed E-state index contributed by atoms with van der Waals surface area (Å²) in [7, 11) is -4.00. The third-order valence-electron chi connectivity index (χ3n) is 4.09. The van der Waals surface area contributed by atoms with Crippen molar-refractivity contribution < 1.29 is 18.0 Å². The van der Waals surface area contributed by atoms with Gasteiger partial charge in [-0.3, -0.25) is 14.4 Å². The van der Waals surface area contributed by atoms with Crippen LogP contribution >= 0.6 is 11.6 Å². The van der Waals surface area contributed by atoms with Crippen LogP contribution < -0.4 is 10.9 Å². The van der Waals surface area contributed by atoms with E-state index in [1.165, 1.54) is 37.3 Å². The van der Waals surface area contributed by atoms with Crippen LogP contribution in [0, 0.1) is 0 Å². The molecule has 154 valence electrons. The summed E-state index contributed by atoms with van der Waals surface area (Å²) in [5.41, 5.74) is 0.141. The Morgan fingerprint density at radius 1 is 1.07 bits per heavy atom. The van der Waals surface area contributed by atoms with Gasteiger partial charge < -0.3 is 5.32 Å². The van der Waals surface area contributed by atoms with Gasteiger partial charge in [0.25, 0.3) is 5.56 Å². The number of carbonyl (C=O) groups is 2. The first-order valence-electron chi connectivity index (χ1n) is 8.66. The normalized spacial score (nSPS) is 11.1. The summed E-state index contributed by atoms with van der Waals surface area (Å²) in [6.07, 6.45) is 0. The molecule has 0 aliphatic rings. The quantitative estimate of drug-likeness (QED) is 0.583. The number of benzene rings is 2. The second-order valence-electron chi connectivity index (χ2n) is 6.31. The average molecular weight is 446 g/mol. The van der Waals surface area contributed by atoms with E-state index in [1.807, 2.05) is 0 Å². The minimum Gasteiger partial charge on any atom is -0.324 e. The Balaban J connectivity index is 1.84. The van der Waals surface area contributed by atoms with E-state index in [0.717, 1.165) is 16.8 Å². The van der Waals surface area contributed by atoms with Gasteiger partial charge in [0.05, 0.1) is 4.90 Å². The maximum atomic E-state index is 12.7. The van der Waals surface area contributed by atoms with Gasteiger partial charge in [-0.15, -0.1) is 0 Å². The molecule has 0 saturated carbocycles. The number of Topliss-reactive ketones (excluding diaryl/α,β-unsaturated/α-hetero) is 1. The molecule has 0 fully saturated rings. The van der Waals surface area contributed by atoms with Crippen LogP contribution in [-0.2, 0) is 21.2 Å². The number of anilines is 1. The van der Waals surface area contributed by atoms with E-state index in [9.17, 15) is 22.8 Å². The molecule has 0 atom stereocenters. The monoisotopic (exact) mass is 445 g/mol. The van der Waals surface area contributed by atoms with Gasteiger partial charge >= 0.3 is 0 Å². The zero-order valence-electron chi connectivity index (χ0n) is 15.7. The van der Waals surface area contributed by atoms with Crippen molar-refractivity contribution >= 4 is 38.8 Å². The summed E-state index contributed by atoms with van der Waals surface area (Å²) in [6, 6.07) is 13.9. The Kier molecular flexibility index (Phi) is 6.14. The second kappa shape index (κ2) is 8.60. The highest BCUT2D eigenvalue weighted by molar-refractivity contribution is 7.91. The van der Waals surface area contributed by atoms with Crippen molar-refractivity contribution in [1.82, 2.24) is 9.78 Å². The van der Waals surface area contributed by atoms with Gasteiger partial charge in [-0.2, -0.15) is 5.10 Å². The summed E-state index contributed by atoms with van der Waals surface area (Å²) in [5, 5.41) is 6.39. The number of hydrogen-bond donors (Lipinski definition) is 1. The van der Waals surface area contributed by atoms with Crippen molar-refractivity contribution in [1.29, 1.82) is 0 Å². The molecule has 10 heteroatoms. The zero-order chi connectivity index (χ0) is 21.9. The lowest BCUT2D eigenvalue weighted by Crippen LogP contribution is -2.30. The highest BCUT2D eigenvalue weighted by Gasteiger charge is 2.21. The molecule has 8 nitrogen and oxygen atoms in total. The minimum atomic E-state index is -4.00. The van der Waals surface area contributed by atoms with Crippen LogP contribution in [-0.4, -0.2) is 29.9 Å². The fraction of sp³-hybridized carbons (Fsp3) is 0.100. The summed E-state index contributed by atoms with van der Waals surface area (Å²) in [6.45, 7) is 0.893. The van der Waals surface area contributed by atoms with Crippen molar-refractivity contribution in [3.05, 3.63) is 81.6 Å². The Labute approximate surface area is 177 Å². The molecule has 1 N–H and O–H groups in total. The first-order chi connectivity index (χ1) is 14.2. The third kappa shape index (κ3) is 4.81. The van der Waals surface area contributed by atoms with Crippen LogP contribution in [0.15, 0.2) is 75.4 Å². The smallest absolute Gasteiger partial charge is 0.267 e. The number of aromatic nitrogens is 2. The predicted molar refractivity (Wildman–Crippen MR) is 110 cm³/mol. The first kappa shape index (κ1) is 21.4. The van der Waals surface area contributed by atoms with Crippen LogP contribution in [0.5, 0.6) is 0 Å². The lowest BCUT2D eigenvalue weighted by atomic mass is 10.1. The number of nitrogens with zero attached hydrogens (tertiary/aromatic N) is 2. The topological polar surface area (TPSA) is 115 Å². The molecule has 2 aromatic carbocycles. The molecule has 1 aromatic heterocycles. The van der Waals surface area contributed by atoms with E-state index >= 15 is 0 Å². The fourth-order valence-corrected chi connectivity index (χ4v) is 3.89. The molecule has 0 aliphatic heterocycles. The van der Waals surface area contributed by atoms with E-state index in [2.05, 4.69) is 10.4 Å². The SMILES string of the molecule is CC(=O)c1cccc(NC(=O)Cn2nc(S(=O)(=O)c3ccc(Cl)cc3)ccc2=O)c1. The van der Waals surface area contributed by atoms with E-state index in [1.54, 1.807) is 18.2 Å². The maximum Gasteiger partial charge on any atom is 0.267 e. The Morgan fingerprint density at radius 3 is 2.43 bits per heavy atom. The molecule has 0 spiro atoms. The molecule has 0 saturated heterocycles. The third-order valence-corrected chi connectivity index (χ3v) is 6.00. The average Bonchev–Trinajstić information content (AvgIpc) is 2.70. The lowest BCUT2D eigenvalue weighted by Gasteiger charge is -2.09. The van der Waals surface area contributed by atoms with Gasteiger partial charge in [-0.1, -0.05) is 23.7 Å². The van der Waals surface area contributed by atoms with Gasteiger partial charge in [0.1, 0.15) is 6.54 Å². The fourth-order valence-electron chi connectivity index (χ4n) is 2.57. The number of rotatable bonds is 6. The first-order valence-corrected chi connectivity index (χ1v) is 10.5. The maximum absolute atomic E-state index is 12.7. The number of nitrogens with one attached hydrogen (secondary N) is 1. The molecule has 3 rings (SSSR count). The van der Waals surface area contributed by atoms with E-state index in [0.29, 0.717) is 16.3 Å². The molecule has 30 heavy (non-hydrogen) atoms. The summed E-state index contributed by atoms with van der Waals surface area (Å²) in [4.78, 5) is 35.8. The Morgan fingerprint density at radius 2 is 1.77 bits per heavy atom. The van der Waals surface area contributed by atoms with Crippen LogP contribution in [0.25, 0.3) is 0 Å². The number of carbonyl (C=O) groups excluding carboxylic acids is 2. The van der Waals surface area contributed by atoms with Gasteiger partial charge in [0.15, 0.2) is 10.8 Å². The molecular weight excluding hydrogens is 430 g/mol. The molecule has 0 bridgehead atoms. The molecule has 0 aliphatic carbocycles. The molecular formula is C20H16ClN3O5S. The van der Waals surface area contributed by atoms with Crippen LogP contribution in [0.1, 0.15) is 17.3 Å². The van der Waals surface area contributed by atoms with Gasteiger partial charge in [0.2, 0.25) is 15.7 Å². The van der Waals surface area contributed by atoms with Crippen molar-refractivity contribution in [2.45, 2.75) is 23.4 Å². The standard InChI is InChI=1S/C20H16ClN3O5S/c1-13(25)14-3-2-4-16(11-14)22-18(26)12-24-20(27)10-9-19(23-24)30(28,29)17-7-5-15(21)6-8-17/h2-11H,12H2,1H3,(H,22,26). The molecule has 3 aromatic rings. The Bertz CT molecular complexity index is 1280. The van der Waals surface area contributed by atoms with Crippen LogP contribution in [0.3, 0.4) is 0 Å². The van der Waals surface area contributed by atoms with Crippen molar-refractivity contribution in [3.63, 3.8) is 0 Å². The van der Waals surface area contributed by atoms with Gasteiger partial charge in [-0.05, 0) is 49.4 Å². The largest absolute Gasteiger partial charge is 0.324 e. The highest BCUT2D eigenvalue weighted by atomic mass is 35.5. The molecule has 0 radical (unpaired) electrons. The highest BCUT2D eigenvalue weighted by Crippen LogP contribution is 2.20. The summed E-state index contributed by atoms with van der Waals surface area (Å²) < 4.78 is 26.2. The van der Waals surface area contributed by atoms with Crippen molar-refractivity contribution in [2.24, 2.45) is 0 Å². The lowest BCUT2D eigenvalue weighted by molar-refractivity contribution is -0.117. The van der Waals surface area contributed by atoms with E-state index in [4.69, 9.17) is 11.6 Å². The predicted octanol–water partition coefficient (Wildman–Crippen LogP) is 2.57. The van der Waals surface area contributed by atoms with Gasteiger partial charge in [-0.25, -0.2) is 13.1 Å². The van der Waals surface area contributed by atoms with Crippen molar-refractivity contribution in [3.8, 4) is 0 Å². The second-order valence-corrected chi connectivity index (χ2v) is 8.64. The van der Waals surface area contributed by atoms with Gasteiger partial charge in [0, 0.05) is 22.3 Å². The molecule has 0 unspecified atom stereocenters. The summed E-state index contributed by atoms with van der Waals surface area (Å²) in [5.74, 6) is -0.768. The molecule has 1 heterocycles. The Hall–Kier alpha value is -3.30. The number of amides is 1. The number of sulfone groups is 1. The summed E-state index contributed by atoms with van der Waals surface area (Å²) >= 11 is 5.79. The van der Waals surface area contributed by atoms with E-state index < -0.39 is 27.8 Å². The van der Waals surface area contributed by atoms with Crippen LogP contribution in [0.2, 0.25) is 5.02 Å². The number of hydrogen-bond acceptors (Lipinski definition) is 6. The minimum absolute atomic E-state index is 0.0462. The zero-order valence-corrected chi connectivity index (χ0v) is 17.3. The van der Waals surface area contributed by atoms with E-state index in [-0.39, 0.29) is 15.7 Å². The molecule has 1 amide bonds. The number of halogens is 1.